The monoisotopic (exact) mass is 368 g/mol. The average molecular weight is 369 g/mol. The van der Waals surface area contributed by atoms with E-state index in [1.54, 1.807) is 12.1 Å². The van der Waals surface area contributed by atoms with Crippen molar-refractivity contribution in [3.63, 3.8) is 0 Å². The van der Waals surface area contributed by atoms with Crippen LogP contribution < -0.4 is 10.6 Å². The zero-order valence-electron chi connectivity index (χ0n) is 14.2. The molecule has 2 amide bonds. The number of carbonyl (C=O) groups is 2. The first kappa shape index (κ1) is 19.1. The van der Waals surface area contributed by atoms with Gasteiger partial charge in [0.25, 0.3) is 0 Å². The summed E-state index contributed by atoms with van der Waals surface area (Å²) in [5.74, 6) is 0.322. The molecule has 0 fully saturated rings. The van der Waals surface area contributed by atoms with Crippen molar-refractivity contribution in [1.82, 2.24) is 5.32 Å². The molecule has 0 saturated carbocycles. The molecule has 0 aromatic heterocycles. The second kappa shape index (κ2) is 9.33. The predicted molar refractivity (Wildman–Crippen MR) is 101 cm³/mol. The molecule has 2 unspecified atom stereocenters. The highest BCUT2D eigenvalue weighted by Crippen LogP contribution is 2.38. The van der Waals surface area contributed by atoms with Crippen LogP contribution in [0.2, 0.25) is 5.02 Å². The Bertz CT molecular complexity index is 594. The fraction of sp³-hybridized carbons (Fsp3) is 0.556. The zero-order chi connectivity index (χ0) is 17.5. The highest BCUT2D eigenvalue weighted by atomic mass is 35.5. The SMILES string of the molecule is CCCCC(CC)CNC(=O)CC1Sc2ccc(Cl)cc2NC1=O. The van der Waals surface area contributed by atoms with Crippen LogP contribution in [-0.2, 0) is 9.59 Å². The number of unbranched alkanes of at least 4 members (excludes halogenated alkanes) is 1. The maximum absolute atomic E-state index is 12.2. The van der Waals surface area contributed by atoms with Crippen LogP contribution in [-0.4, -0.2) is 23.6 Å². The normalized spacial score (nSPS) is 17.8. The van der Waals surface area contributed by atoms with Gasteiger partial charge in [0.15, 0.2) is 0 Å². The summed E-state index contributed by atoms with van der Waals surface area (Å²) in [7, 11) is 0. The molecule has 1 aromatic carbocycles. The minimum Gasteiger partial charge on any atom is -0.356 e. The molecule has 0 saturated heterocycles. The molecule has 2 atom stereocenters. The summed E-state index contributed by atoms with van der Waals surface area (Å²) in [6.45, 7) is 5.02. The second-order valence-corrected chi connectivity index (χ2v) is 7.84. The number of hydrogen-bond donors (Lipinski definition) is 2. The smallest absolute Gasteiger partial charge is 0.238 e. The lowest BCUT2D eigenvalue weighted by molar-refractivity contribution is -0.124. The molecule has 0 aliphatic carbocycles. The standard InChI is InChI=1S/C18H25ClN2O2S/c1-3-5-6-12(4-2)11-20-17(22)10-16-18(23)21-14-9-13(19)7-8-15(14)24-16/h7-9,12,16H,3-6,10-11H2,1-2H3,(H,20,22)(H,21,23). The molecule has 1 aliphatic rings. The Labute approximate surface area is 153 Å². The van der Waals surface area contributed by atoms with E-state index >= 15 is 0 Å². The van der Waals surface area contributed by atoms with Gasteiger partial charge in [-0.25, -0.2) is 0 Å². The molecule has 24 heavy (non-hydrogen) atoms. The van der Waals surface area contributed by atoms with E-state index in [2.05, 4.69) is 24.5 Å². The van der Waals surface area contributed by atoms with Gasteiger partial charge in [0.05, 0.1) is 10.9 Å². The fourth-order valence-electron chi connectivity index (χ4n) is 2.70. The maximum atomic E-state index is 12.2. The Morgan fingerprint density at radius 1 is 1.42 bits per heavy atom. The molecule has 0 bridgehead atoms. The van der Waals surface area contributed by atoms with Crippen molar-refractivity contribution in [2.24, 2.45) is 5.92 Å². The first-order valence-corrected chi connectivity index (χ1v) is 9.83. The van der Waals surface area contributed by atoms with Gasteiger partial charge in [-0.05, 0) is 30.5 Å². The van der Waals surface area contributed by atoms with E-state index in [0.717, 1.165) is 23.4 Å². The van der Waals surface area contributed by atoms with E-state index in [1.165, 1.54) is 24.6 Å². The van der Waals surface area contributed by atoms with Gasteiger partial charge in [-0.15, -0.1) is 11.8 Å². The number of hydrogen-bond acceptors (Lipinski definition) is 3. The van der Waals surface area contributed by atoms with E-state index in [4.69, 9.17) is 11.6 Å². The van der Waals surface area contributed by atoms with Gasteiger partial charge in [0, 0.05) is 22.9 Å². The Morgan fingerprint density at radius 3 is 2.92 bits per heavy atom. The first-order valence-electron chi connectivity index (χ1n) is 8.57. The molecule has 0 radical (unpaired) electrons. The molecular formula is C18H25ClN2O2S. The summed E-state index contributed by atoms with van der Waals surface area (Å²) >= 11 is 7.37. The minimum atomic E-state index is -0.394. The van der Waals surface area contributed by atoms with Crippen molar-refractivity contribution in [3.8, 4) is 0 Å². The highest BCUT2D eigenvalue weighted by molar-refractivity contribution is 8.01. The zero-order valence-corrected chi connectivity index (χ0v) is 15.8. The number of benzene rings is 1. The summed E-state index contributed by atoms with van der Waals surface area (Å²) in [5, 5.41) is 6.02. The van der Waals surface area contributed by atoms with Gasteiger partial charge in [-0.1, -0.05) is 44.7 Å². The van der Waals surface area contributed by atoms with Crippen LogP contribution in [0.25, 0.3) is 0 Å². The van der Waals surface area contributed by atoms with Crippen LogP contribution in [0, 0.1) is 5.92 Å². The molecule has 0 spiro atoms. The lowest BCUT2D eigenvalue weighted by atomic mass is 9.99. The molecular weight excluding hydrogens is 344 g/mol. The van der Waals surface area contributed by atoms with Crippen molar-refractivity contribution in [2.45, 2.75) is 56.1 Å². The number of nitrogens with one attached hydrogen (secondary N) is 2. The Balaban J connectivity index is 1.85. The van der Waals surface area contributed by atoms with Crippen molar-refractivity contribution < 1.29 is 9.59 Å². The van der Waals surface area contributed by atoms with Crippen molar-refractivity contribution >= 4 is 40.9 Å². The van der Waals surface area contributed by atoms with Gasteiger partial charge in [-0.3, -0.25) is 9.59 Å². The Hall–Kier alpha value is -1.20. The van der Waals surface area contributed by atoms with Crippen LogP contribution in [0.15, 0.2) is 23.1 Å². The predicted octanol–water partition coefficient (Wildman–Crippen LogP) is 4.48. The largest absolute Gasteiger partial charge is 0.356 e. The molecule has 4 nitrogen and oxygen atoms in total. The minimum absolute atomic E-state index is 0.0602. The third-order valence-corrected chi connectivity index (χ3v) is 5.77. The van der Waals surface area contributed by atoms with E-state index in [9.17, 15) is 9.59 Å². The molecule has 6 heteroatoms. The van der Waals surface area contributed by atoms with Gasteiger partial charge in [-0.2, -0.15) is 0 Å². The van der Waals surface area contributed by atoms with Gasteiger partial charge in [0.1, 0.15) is 0 Å². The summed E-state index contributed by atoms with van der Waals surface area (Å²) in [4.78, 5) is 25.3. The molecule has 2 N–H and O–H groups in total. The number of halogens is 1. The van der Waals surface area contributed by atoms with Gasteiger partial charge >= 0.3 is 0 Å². The number of carbonyl (C=O) groups excluding carboxylic acids is 2. The molecule has 132 valence electrons. The van der Waals surface area contributed by atoms with Crippen LogP contribution in [0.4, 0.5) is 5.69 Å². The van der Waals surface area contributed by atoms with Crippen LogP contribution >= 0.6 is 23.4 Å². The lowest BCUT2D eigenvalue weighted by Crippen LogP contribution is -2.36. The summed E-state index contributed by atoms with van der Waals surface area (Å²) in [5.41, 5.74) is 0.722. The topological polar surface area (TPSA) is 58.2 Å². The highest BCUT2D eigenvalue weighted by Gasteiger charge is 2.29. The van der Waals surface area contributed by atoms with Gasteiger partial charge < -0.3 is 10.6 Å². The molecule has 1 aliphatic heterocycles. The van der Waals surface area contributed by atoms with E-state index in [-0.39, 0.29) is 18.2 Å². The first-order chi connectivity index (χ1) is 11.5. The average Bonchev–Trinajstić information content (AvgIpc) is 2.56. The third kappa shape index (κ3) is 5.42. The van der Waals surface area contributed by atoms with Crippen molar-refractivity contribution in [3.05, 3.63) is 23.2 Å². The number of fused-ring (bicyclic) bond motifs is 1. The Morgan fingerprint density at radius 2 is 2.21 bits per heavy atom. The lowest BCUT2D eigenvalue weighted by Gasteiger charge is -2.24. The number of anilines is 1. The van der Waals surface area contributed by atoms with Crippen LogP contribution in [0.1, 0.15) is 46.0 Å². The van der Waals surface area contributed by atoms with Crippen LogP contribution in [0.5, 0.6) is 0 Å². The number of rotatable bonds is 8. The number of thioether (sulfide) groups is 1. The quantitative estimate of drug-likeness (QED) is 0.711. The molecule has 1 heterocycles. The van der Waals surface area contributed by atoms with Crippen molar-refractivity contribution in [2.75, 3.05) is 11.9 Å². The van der Waals surface area contributed by atoms with Gasteiger partial charge in [0.2, 0.25) is 11.8 Å². The summed E-state index contributed by atoms with van der Waals surface area (Å²) in [6, 6.07) is 5.41. The van der Waals surface area contributed by atoms with E-state index in [0.29, 0.717) is 17.5 Å². The van der Waals surface area contributed by atoms with Crippen molar-refractivity contribution in [1.29, 1.82) is 0 Å². The molecule has 2 rings (SSSR count). The summed E-state index contributed by atoms with van der Waals surface area (Å²) in [6.07, 6.45) is 4.76. The fourth-order valence-corrected chi connectivity index (χ4v) is 3.96. The van der Waals surface area contributed by atoms with E-state index in [1.807, 2.05) is 6.07 Å². The maximum Gasteiger partial charge on any atom is 0.238 e. The second-order valence-electron chi connectivity index (χ2n) is 6.16. The Kier molecular flexibility index (Phi) is 7.43. The third-order valence-electron chi connectivity index (χ3n) is 4.26. The number of amides is 2. The summed E-state index contributed by atoms with van der Waals surface area (Å²) < 4.78 is 0. The van der Waals surface area contributed by atoms with E-state index < -0.39 is 5.25 Å². The molecule has 1 aromatic rings. The van der Waals surface area contributed by atoms with Crippen LogP contribution in [0.3, 0.4) is 0 Å².